The molecule has 0 unspecified atom stereocenters. The minimum absolute atomic E-state index is 0. The van der Waals surface area contributed by atoms with Crippen molar-refractivity contribution in [1.82, 2.24) is 4.90 Å². The molecule has 1 fully saturated rings. The number of piperidine rings is 1. The van der Waals surface area contributed by atoms with Crippen molar-refractivity contribution in [3.63, 3.8) is 0 Å². The first-order chi connectivity index (χ1) is 14.3. The van der Waals surface area contributed by atoms with Gasteiger partial charge in [0.25, 0.3) is 0 Å². The van der Waals surface area contributed by atoms with Crippen molar-refractivity contribution in [1.29, 1.82) is 0 Å². The lowest BCUT2D eigenvalue weighted by Crippen LogP contribution is -2.42. The topological polar surface area (TPSA) is 20.3 Å². The molecule has 1 heterocycles. The van der Waals surface area contributed by atoms with Gasteiger partial charge in [-0.3, -0.25) is 4.79 Å². The zero-order chi connectivity index (χ0) is 19.9. The Morgan fingerprint density at radius 1 is 0.700 bits per heavy atom. The maximum absolute atomic E-state index is 14.1. The molecule has 3 heteroatoms. The fraction of sp³-hybridized carbons (Fsp3) is 0.296. The highest BCUT2D eigenvalue weighted by Crippen LogP contribution is 2.39. The van der Waals surface area contributed by atoms with Gasteiger partial charge >= 0.3 is 0 Å². The van der Waals surface area contributed by atoms with Gasteiger partial charge in [0.2, 0.25) is 0 Å². The SMILES string of the molecule is Br.O=C(c1ccccc1)C(CCN1CCCCC1)(c1ccccc1)c1ccccc1. The molecule has 0 spiro atoms. The smallest absolute Gasteiger partial charge is 0.177 e. The molecule has 0 aromatic heterocycles. The molecule has 0 atom stereocenters. The molecule has 3 aromatic carbocycles. The highest BCUT2D eigenvalue weighted by atomic mass is 79.9. The highest BCUT2D eigenvalue weighted by molar-refractivity contribution is 8.93. The number of benzene rings is 3. The molecule has 3 aromatic rings. The lowest BCUT2D eigenvalue weighted by atomic mass is 9.67. The third-order valence-electron chi connectivity index (χ3n) is 6.21. The van der Waals surface area contributed by atoms with Crippen LogP contribution in [0.3, 0.4) is 0 Å². The Morgan fingerprint density at radius 3 is 1.67 bits per heavy atom. The van der Waals surface area contributed by atoms with Crippen LogP contribution in [0.1, 0.15) is 47.2 Å². The van der Waals surface area contributed by atoms with Gasteiger partial charge in [-0.1, -0.05) is 97.4 Å². The molecule has 1 saturated heterocycles. The second-order valence-corrected chi connectivity index (χ2v) is 7.98. The fourth-order valence-corrected chi connectivity index (χ4v) is 4.62. The van der Waals surface area contributed by atoms with Crippen LogP contribution in [0.25, 0.3) is 0 Å². The fourth-order valence-electron chi connectivity index (χ4n) is 4.62. The summed E-state index contributed by atoms with van der Waals surface area (Å²) < 4.78 is 0. The van der Waals surface area contributed by atoms with E-state index in [4.69, 9.17) is 0 Å². The number of nitrogens with zero attached hydrogens (tertiary/aromatic N) is 1. The van der Waals surface area contributed by atoms with E-state index >= 15 is 0 Å². The standard InChI is InChI=1S/C27H29NO.BrH/c29-26(23-13-5-1-6-14-23)27(24-15-7-2-8-16-24,25-17-9-3-10-18-25)19-22-28-20-11-4-12-21-28;/h1-3,5-10,13-18H,4,11-12,19-22H2;1H. The van der Waals surface area contributed by atoms with Crippen LogP contribution in [-0.2, 0) is 5.41 Å². The summed E-state index contributed by atoms with van der Waals surface area (Å²) in [5.41, 5.74) is 2.26. The van der Waals surface area contributed by atoms with E-state index in [-0.39, 0.29) is 22.8 Å². The van der Waals surface area contributed by atoms with Crippen LogP contribution in [0.5, 0.6) is 0 Å². The third-order valence-corrected chi connectivity index (χ3v) is 6.21. The summed E-state index contributed by atoms with van der Waals surface area (Å²) in [5, 5.41) is 0. The van der Waals surface area contributed by atoms with Gasteiger partial charge in [0, 0.05) is 5.56 Å². The first-order valence-corrected chi connectivity index (χ1v) is 10.7. The number of hydrogen-bond donors (Lipinski definition) is 0. The Morgan fingerprint density at radius 2 is 1.17 bits per heavy atom. The van der Waals surface area contributed by atoms with Gasteiger partial charge in [0.05, 0.1) is 5.41 Å². The number of hydrogen-bond acceptors (Lipinski definition) is 2. The van der Waals surface area contributed by atoms with Gasteiger partial charge in [-0.25, -0.2) is 0 Å². The maximum atomic E-state index is 14.1. The zero-order valence-corrected chi connectivity index (χ0v) is 19.1. The summed E-state index contributed by atoms with van der Waals surface area (Å²) in [7, 11) is 0. The van der Waals surface area contributed by atoms with Crippen LogP contribution in [0.4, 0.5) is 0 Å². The molecule has 0 amide bonds. The average molecular weight is 464 g/mol. The van der Waals surface area contributed by atoms with Crippen molar-refractivity contribution < 1.29 is 4.79 Å². The molecule has 0 saturated carbocycles. The molecule has 1 aliphatic rings. The predicted octanol–water partition coefficient (Wildman–Crippen LogP) is 6.31. The first-order valence-electron chi connectivity index (χ1n) is 10.7. The molecular formula is C27H30BrNO. The van der Waals surface area contributed by atoms with Crippen molar-refractivity contribution >= 4 is 22.8 Å². The summed E-state index contributed by atoms with van der Waals surface area (Å²) >= 11 is 0. The van der Waals surface area contributed by atoms with Crippen molar-refractivity contribution in [2.24, 2.45) is 0 Å². The van der Waals surface area contributed by atoms with Crippen molar-refractivity contribution in [3.8, 4) is 0 Å². The molecule has 2 nitrogen and oxygen atoms in total. The van der Waals surface area contributed by atoms with E-state index in [0.717, 1.165) is 42.7 Å². The largest absolute Gasteiger partial charge is 0.303 e. The summed E-state index contributed by atoms with van der Waals surface area (Å²) in [6.45, 7) is 3.21. The molecular weight excluding hydrogens is 434 g/mol. The number of halogens is 1. The molecule has 0 N–H and O–H groups in total. The lowest BCUT2D eigenvalue weighted by Gasteiger charge is -2.37. The minimum atomic E-state index is -0.679. The molecule has 30 heavy (non-hydrogen) atoms. The van der Waals surface area contributed by atoms with Gasteiger partial charge in [-0.2, -0.15) is 0 Å². The summed E-state index contributed by atoms with van der Waals surface area (Å²) in [4.78, 5) is 16.7. The highest BCUT2D eigenvalue weighted by Gasteiger charge is 2.42. The maximum Gasteiger partial charge on any atom is 0.177 e. The summed E-state index contributed by atoms with van der Waals surface area (Å²) in [6, 6.07) is 30.5. The molecule has 0 aliphatic carbocycles. The van der Waals surface area contributed by atoms with E-state index in [1.54, 1.807) is 0 Å². The lowest BCUT2D eigenvalue weighted by molar-refractivity contribution is 0.0889. The Labute approximate surface area is 190 Å². The first kappa shape index (κ1) is 22.5. The van der Waals surface area contributed by atoms with Crippen LogP contribution in [0.2, 0.25) is 0 Å². The Bertz CT molecular complexity index is 866. The van der Waals surface area contributed by atoms with Crippen LogP contribution in [-0.4, -0.2) is 30.3 Å². The number of rotatable bonds is 7. The second kappa shape index (κ2) is 10.7. The normalized spacial score (nSPS) is 14.7. The van der Waals surface area contributed by atoms with Crippen molar-refractivity contribution in [3.05, 3.63) is 108 Å². The van der Waals surface area contributed by atoms with Gasteiger partial charge in [0.15, 0.2) is 5.78 Å². The number of carbonyl (C=O) groups is 1. The molecule has 0 bridgehead atoms. The summed E-state index contributed by atoms with van der Waals surface area (Å²) in [5.74, 6) is 0.188. The number of carbonyl (C=O) groups excluding carboxylic acids is 1. The predicted molar refractivity (Wildman–Crippen MR) is 130 cm³/mol. The van der Waals surface area contributed by atoms with Crippen molar-refractivity contribution in [2.75, 3.05) is 19.6 Å². The average Bonchev–Trinajstić information content (AvgIpc) is 2.82. The second-order valence-electron chi connectivity index (χ2n) is 7.98. The minimum Gasteiger partial charge on any atom is -0.303 e. The van der Waals surface area contributed by atoms with E-state index < -0.39 is 5.41 Å². The molecule has 0 radical (unpaired) electrons. The zero-order valence-electron chi connectivity index (χ0n) is 17.4. The van der Waals surface area contributed by atoms with Crippen LogP contribution in [0.15, 0.2) is 91.0 Å². The van der Waals surface area contributed by atoms with Crippen LogP contribution >= 0.6 is 17.0 Å². The number of Topliss-reactive ketones (excluding diaryl/α,β-unsaturated/α-hetero) is 1. The molecule has 1 aliphatic heterocycles. The van der Waals surface area contributed by atoms with Crippen LogP contribution < -0.4 is 0 Å². The Kier molecular flexibility index (Phi) is 8.01. The van der Waals surface area contributed by atoms with E-state index in [9.17, 15) is 4.79 Å². The summed E-state index contributed by atoms with van der Waals surface area (Å²) in [6.07, 6.45) is 4.63. The molecule has 156 valence electrons. The van der Waals surface area contributed by atoms with E-state index in [2.05, 4.69) is 29.2 Å². The number of likely N-dealkylation sites (tertiary alicyclic amines) is 1. The Balaban J connectivity index is 0.00000256. The quantitative estimate of drug-likeness (QED) is 0.382. The number of ketones is 1. The molecule has 4 rings (SSSR count). The van der Waals surface area contributed by atoms with E-state index in [1.807, 2.05) is 66.7 Å². The van der Waals surface area contributed by atoms with Crippen molar-refractivity contribution in [2.45, 2.75) is 31.1 Å². The van der Waals surface area contributed by atoms with Gasteiger partial charge in [-0.15, -0.1) is 17.0 Å². The monoisotopic (exact) mass is 463 g/mol. The van der Waals surface area contributed by atoms with Gasteiger partial charge < -0.3 is 4.90 Å². The Hall–Kier alpha value is -2.23. The van der Waals surface area contributed by atoms with E-state index in [0.29, 0.717) is 0 Å². The third kappa shape index (κ3) is 4.74. The van der Waals surface area contributed by atoms with E-state index in [1.165, 1.54) is 19.3 Å². The van der Waals surface area contributed by atoms with Crippen LogP contribution in [0, 0.1) is 0 Å². The van der Waals surface area contributed by atoms with Gasteiger partial charge in [-0.05, 0) is 50.0 Å². The van der Waals surface area contributed by atoms with Gasteiger partial charge in [0.1, 0.15) is 0 Å².